The molecule has 2 aromatic carbocycles. The number of para-hydroxylation sites is 1. The molecule has 0 heterocycles. The van der Waals surface area contributed by atoms with Crippen molar-refractivity contribution in [3.05, 3.63) is 78.4 Å². The molecule has 0 bridgehead atoms. The topological polar surface area (TPSA) is 32.3 Å². The van der Waals surface area contributed by atoms with E-state index in [1.165, 1.54) is 0 Å². The molecule has 98 valence electrons. The van der Waals surface area contributed by atoms with Crippen molar-refractivity contribution in [1.29, 1.82) is 0 Å². The lowest BCUT2D eigenvalue weighted by Gasteiger charge is -2.12. The highest BCUT2D eigenvalue weighted by Gasteiger charge is 2.03. The molecule has 0 fully saturated rings. The highest BCUT2D eigenvalue weighted by atomic mass is 16.3. The van der Waals surface area contributed by atoms with Gasteiger partial charge in [-0.15, -0.1) is 0 Å². The number of aliphatic hydroxyl groups excluding tert-OH is 1. The number of rotatable bonds is 5. The highest BCUT2D eigenvalue weighted by molar-refractivity contribution is 5.44. The van der Waals surface area contributed by atoms with Crippen LogP contribution in [-0.4, -0.2) is 11.1 Å². The summed E-state index contributed by atoms with van der Waals surface area (Å²) in [6, 6.07) is 19.8. The zero-order valence-corrected chi connectivity index (χ0v) is 11.0. The summed E-state index contributed by atoms with van der Waals surface area (Å²) in [5, 5.41) is 13.4. The van der Waals surface area contributed by atoms with Crippen LogP contribution in [-0.2, 0) is 0 Å². The zero-order valence-electron chi connectivity index (χ0n) is 11.0. The molecular weight excluding hydrogens is 234 g/mol. The van der Waals surface area contributed by atoms with Crippen molar-refractivity contribution in [1.82, 2.24) is 0 Å². The molecule has 2 nitrogen and oxygen atoms in total. The molecule has 0 aliphatic carbocycles. The molecule has 0 aromatic heterocycles. The van der Waals surface area contributed by atoms with Gasteiger partial charge in [0.05, 0.1) is 6.10 Å². The van der Waals surface area contributed by atoms with Crippen LogP contribution in [0.2, 0.25) is 0 Å². The van der Waals surface area contributed by atoms with Gasteiger partial charge >= 0.3 is 0 Å². The Morgan fingerprint density at radius 1 is 0.895 bits per heavy atom. The molecular formula is C17H19NO. The molecule has 0 radical (unpaired) electrons. The normalized spacial score (nSPS) is 14.2. The molecule has 2 unspecified atom stereocenters. The minimum Gasteiger partial charge on any atom is -0.384 e. The van der Waals surface area contributed by atoms with E-state index in [0.29, 0.717) is 0 Å². The Balaban J connectivity index is 1.91. The Labute approximate surface area is 114 Å². The number of aliphatic hydroxyl groups is 1. The number of anilines is 1. The first-order valence-electron chi connectivity index (χ1n) is 6.48. The summed E-state index contributed by atoms with van der Waals surface area (Å²) in [7, 11) is 0. The second-order valence-corrected chi connectivity index (χ2v) is 4.54. The van der Waals surface area contributed by atoms with Crippen molar-refractivity contribution < 1.29 is 5.11 Å². The lowest BCUT2D eigenvalue weighted by Crippen LogP contribution is -2.12. The Bertz CT molecular complexity index is 507. The summed E-state index contributed by atoms with van der Waals surface area (Å²) in [5.41, 5.74) is 1.99. The van der Waals surface area contributed by atoms with Crippen LogP contribution in [0.1, 0.15) is 18.6 Å². The monoisotopic (exact) mass is 253 g/mol. The first-order valence-corrected chi connectivity index (χ1v) is 6.48. The van der Waals surface area contributed by atoms with Crippen molar-refractivity contribution in [3.63, 3.8) is 0 Å². The average Bonchev–Trinajstić information content (AvgIpc) is 2.47. The van der Waals surface area contributed by atoms with Crippen molar-refractivity contribution in [2.24, 2.45) is 0 Å². The van der Waals surface area contributed by atoms with Gasteiger partial charge in [0.25, 0.3) is 0 Å². The molecule has 0 spiro atoms. The number of benzene rings is 2. The van der Waals surface area contributed by atoms with Crippen LogP contribution in [0, 0.1) is 0 Å². The van der Waals surface area contributed by atoms with E-state index in [0.717, 1.165) is 11.3 Å². The number of hydrogen-bond donors (Lipinski definition) is 2. The van der Waals surface area contributed by atoms with Crippen LogP contribution >= 0.6 is 0 Å². The lowest BCUT2D eigenvalue weighted by atomic mass is 10.1. The second-order valence-electron chi connectivity index (χ2n) is 4.54. The molecule has 19 heavy (non-hydrogen) atoms. The second kappa shape index (κ2) is 6.76. The summed E-state index contributed by atoms with van der Waals surface area (Å²) in [4.78, 5) is 0. The van der Waals surface area contributed by atoms with Gasteiger partial charge in [0.1, 0.15) is 0 Å². The maximum Gasteiger partial charge on any atom is 0.0972 e. The Morgan fingerprint density at radius 3 is 2.11 bits per heavy atom. The van der Waals surface area contributed by atoms with Gasteiger partial charge in [-0.05, 0) is 24.6 Å². The fourth-order valence-corrected chi connectivity index (χ4v) is 1.88. The molecule has 2 rings (SSSR count). The summed E-state index contributed by atoms with van der Waals surface area (Å²) in [6.07, 6.45) is 3.24. The van der Waals surface area contributed by atoms with Crippen molar-refractivity contribution in [3.8, 4) is 0 Å². The van der Waals surface area contributed by atoms with Gasteiger partial charge in [-0.2, -0.15) is 0 Å². The van der Waals surface area contributed by atoms with Crippen LogP contribution in [0.3, 0.4) is 0 Å². The summed E-state index contributed by atoms with van der Waals surface area (Å²) < 4.78 is 0. The lowest BCUT2D eigenvalue weighted by molar-refractivity contribution is 0.228. The van der Waals surface area contributed by atoms with Gasteiger partial charge in [0.2, 0.25) is 0 Å². The number of hydrogen-bond acceptors (Lipinski definition) is 2. The minimum atomic E-state index is -0.554. The fraction of sp³-hybridized carbons (Fsp3) is 0.176. The van der Waals surface area contributed by atoms with Crippen molar-refractivity contribution in [2.45, 2.75) is 19.1 Å². The highest BCUT2D eigenvalue weighted by Crippen LogP contribution is 2.14. The molecule has 0 aliphatic rings. The third kappa shape index (κ3) is 4.27. The third-order valence-electron chi connectivity index (χ3n) is 2.89. The van der Waals surface area contributed by atoms with Gasteiger partial charge < -0.3 is 10.4 Å². The predicted molar refractivity (Wildman–Crippen MR) is 80.1 cm³/mol. The van der Waals surface area contributed by atoms with E-state index >= 15 is 0 Å². The van der Waals surface area contributed by atoms with Crippen LogP contribution in [0.15, 0.2) is 72.8 Å². The Morgan fingerprint density at radius 2 is 1.47 bits per heavy atom. The first-order chi connectivity index (χ1) is 9.25. The van der Waals surface area contributed by atoms with E-state index in [-0.39, 0.29) is 6.04 Å². The standard InChI is InChI=1S/C17H19NO/c1-14(18-16-10-6-3-7-11-16)12-13-17(19)15-8-4-2-5-9-15/h2-14,17-19H,1H3/b13-12-. The molecule has 2 atom stereocenters. The van der Waals surface area contributed by atoms with Crippen LogP contribution < -0.4 is 5.32 Å². The molecule has 2 N–H and O–H groups in total. The summed E-state index contributed by atoms with van der Waals surface area (Å²) in [6.45, 7) is 2.06. The van der Waals surface area contributed by atoms with E-state index in [1.54, 1.807) is 0 Å². The van der Waals surface area contributed by atoms with Gasteiger partial charge in [0, 0.05) is 11.7 Å². The van der Waals surface area contributed by atoms with Gasteiger partial charge in [-0.1, -0.05) is 60.7 Å². The summed E-state index contributed by atoms with van der Waals surface area (Å²) >= 11 is 0. The molecule has 0 aliphatic heterocycles. The molecule has 0 saturated carbocycles. The van der Waals surface area contributed by atoms with E-state index in [9.17, 15) is 5.11 Å². The van der Waals surface area contributed by atoms with E-state index in [4.69, 9.17) is 0 Å². The van der Waals surface area contributed by atoms with E-state index in [1.807, 2.05) is 72.8 Å². The van der Waals surface area contributed by atoms with Crippen LogP contribution in [0.5, 0.6) is 0 Å². The zero-order chi connectivity index (χ0) is 13.5. The predicted octanol–water partition coefficient (Wildman–Crippen LogP) is 3.78. The number of nitrogens with one attached hydrogen (secondary N) is 1. The molecule has 2 heteroatoms. The van der Waals surface area contributed by atoms with Crippen molar-refractivity contribution in [2.75, 3.05) is 5.32 Å². The first kappa shape index (κ1) is 13.4. The van der Waals surface area contributed by atoms with E-state index < -0.39 is 6.10 Å². The van der Waals surface area contributed by atoms with Crippen LogP contribution in [0.4, 0.5) is 5.69 Å². The maximum atomic E-state index is 10.0. The SMILES string of the molecule is CC(/C=C\C(O)c1ccccc1)Nc1ccccc1. The van der Waals surface area contributed by atoms with Gasteiger partial charge in [-0.3, -0.25) is 0 Å². The maximum absolute atomic E-state index is 10.0. The molecule has 0 saturated heterocycles. The summed E-state index contributed by atoms with van der Waals surface area (Å²) in [5.74, 6) is 0. The smallest absolute Gasteiger partial charge is 0.0972 e. The fourth-order valence-electron chi connectivity index (χ4n) is 1.88. The Kier molecular flexibility index (Phi) is 4.76. The van der Waals surface area contributed by atoms with E-state index in [2.05, 4.69) is 12.2 Å². The molecule has 0 amide bonds. The molecule has 2 aromatic rings. The third-order valence-corrected chi connectivity index (χ3v) is 2.89. The largest absolute Gasteiger partial charge is 0.384 e. The van der Waals surface area contributed by atoms with Crippen LogP contribution in [0.25, 0.3) is 0 Å². The quantitative estimate of drug-likeness (QED) is 0.795. The minimum absolute atomic E-state index is 0.167. The van der Waals surface area contributed by atoms with Gasteiger partial charge in [0.15, 0.2) is 0 Å². The average molecular weight is 253 g/mol. The van der Waals surface area contributed by atoms with Gasteiger partial charge in [-0.25, -0.2) is 0 Å². The Hall–Kier alpha value is -2.06. The van der Waals surface area contributed by atoms with Crippen molar-refractivity contribution >= 4 is 5.69 Å².